The lowest BCUT2D eigenvalue weighted by Crippen LogP contribution is -2.35. The summed E-state index contributed by atoms with van der Waals surface area (Å²) in [7, 11) is 3.37. The van der Waals surface area contributed by atoms with Crippen LogP contribution in [0.2, 0.25) is 0 Å². The van der Waals surface area contributed by atoms with Crippen molar-refractivity contribution in [3.8, 4) is 5.75 Å². The molecule has 3 aromatic rings. The number of hydrogen-bond acceptors (Lipinski definition) is 4. The molecule has 0 aliphatic carbocycles. The zero-order valence-electron chi connectivity index (χ0n) is 18.5. The van der Waals surface area contributed by atoms with Crippen molar-refractivity contribution in [2.75, 3.05) is 25.6 Å². The quantitative estimate of drug-likeness (QED) is 0.613. The SMILES string of the molecule is CCn1c(CN(C)C(=O)C2CC(=O)N(c3cc(C)ccc3OC)C2)nc2ccccc21. The van der Waals surface area contributed by atoms with E-state index in [9.17, 15) is 9.59 Å². The second kappa shape index (κ2) is 8.41. The van der Waals surface area contributed by atoms with Crippen LogP contribution in [-0.2, 0) is 22.7 Å². The molecule has 2 heterocycles. The first-order chi connectivity index (χ1) is 14.9. The molecule has 0 spiro atoms. The van der Waals surface area contributed by atoms with E-state index in [0.29, 0.717) is 18.8 Å². The van der Waals surface area contributed by atoms with E-state index in [4.69, 9.17) is 9.72 Å². The Hall–Kier alpha value is -3.35. The summed E-state index contributed by atoms with van der Waals surface area (Å²) in [5.74, 6) is 0.994. The zero-order valence-corrected chi connectivity index (χ0v) is 18.5. The van der Waals surface area contributed by atoms with Crippen molar-refractivity contribution in [3.05, 3.63) is 53.9 Å². The Morgan fingerprint density at radius 1 is 1.26 bits per heavy atom. The number of anilines is 1. The van der Waals surface area contributed by atoms with Crippen molar-refractivity contribution >= 4 is 28.5 Å². The molecule has 2 amide bonds. The highest BCUT2D eigenvalue weighted by Gasteiger charge is 2.37. The molecule has 7 nitrogen and oxygen atoms in total. The van der Waals surface area contributed by atoms with Gasteiger partial charge < -0.3 is 19.1 Å². The van der Waals surface area contributed by atoms with Gasteiger partial charge >= 0.3 is 0 Å². The topological polar surface area (TPSA) is 67.7 Å². The third kappa shape index (κ3) is 3.87. The molecule has 0 bridgehead atoms. The highest BCUT2D eigenvalue weighted by atomic mass is 16.5. The number of benzene rings is 2. The van der Waals surface area contributed by atoms with Crippen molar-refractivity contribution in [3.63, 3.8) is 0 Å². The fourth-order valence-corrected chi connectivity index (χ4v) is 4.32. The van der Waals surface area contributed by atoms with E-state index in [-0.39, 0.29) is 24.2 Å². The molecule has 1 atom stereocenters. The number of nitrogens with zero attached hydrogens (tertiary/aromatic N) is 4. The number of methoxy groups -OCH3 is 1. The van der Waals surface area contributed by atoms with E-state index in [0.717, 1.165) is 34.7 Å². The smallest absolute Gasteiger partial charge is 0.228 e. The van der Waals surface area contributed by atoms with Crippen molar-refractivity contribution in [1.82, 2.24) is 14.5 Å². The first-order valence-corrected chi connectivity index (χ1v) is 10.6. The van der Waals surface area contributed by atoms with Gasteiger partial charge in [-0.05, 0) is 43.7 Å². The standard InChI is InChI=1S/C24H28N4O3/c1-5-27-19-9-7-6-8-18(19)25-22(27)15-26(3)24(30)17-13-23(29)28(14-17)20-12-16(2)10-11-21(20)31-4/h6-12,17H,5,13-15H2,1-4H3. The molecule has 1 saturated heterocycles. The van der Waals surface area contributed by atoms with Crippen LogP contribution in [0.15, 0.2) is 42.5 Å². The number of ether oxygens (including phenoxy) is 1. The minimum atomic E-state index is -0.387. The highest BCUT2D eigenvalue weighted by molar-refractivity contribution is 6.01. The molecule has 0 radical (unpaired) electrons. The second-order valence-corrected chi connectivity index (χ2v) is 8.04. The molecule has 1 aromatic heterocycles. The van der Waals surface area contributed by atoms with Gasteiger partial charge in [-0.2, -0.15) is 0 Å². The average molecular weight is 421 g/mol. The number of aromatic nitrogens is 2. The van der Waals surface area contributed by atoms with Gasteiger partial charge in [-0.25, -0.2) is 4.98 Å². The molecule has 162 valence electrons. The fourth-order valence-electron chi connectivity index (χ4n) is 4.32. The Labute approximate surface area is 182 Å². The summed E-state index contributed by atoms with van der Waals surface area (Å²) >= 11 is 0. The van der Waals surface area contributed by atoms with Gasteiger partial charge in [0, 0.05) is 26.6 Å². The van der Waals surface area contributed by atoms with Gasteiger partial charge in [-0.3, -0.25) is 9.59 Å². The number of para-hydroxylation sites is 2. The zero-order chi connectivity index (χ0) is 22.1. The fraction of sp³-hybridized carbons (Fsp3) is 0.375. The predicted molar refractivity (Wildman–Crippen MR) is 120 cm³/mol. The predicted octanol–water partition coefficient (Wildman–Crippen LogP) is 3.38. The van der Waals surface area contributed by atoms with Gasteiger partial charge in [0.1, 0.15) is 11.6 Å². The van der Waals surface area contributed by atoms with Gasteiger partial charge in [0.25, 0.3) is 0 Å². The Bertz CT molecular complexity index is 1140. The number of rotatable bonds is 6. The normalized spacial score (nSPS) is 16.2. The van der Waals surface area contributed by atoms with E-state index in [1.165, 1.54) is 0 Å². The lowest BCUT2D eigenvalue weighted by Gasteiger charge is -2.22. The van der Waals surface area contributed by atoms with Crippen LogP contribution in [0.1, 0.15) is 24.7 Å². The number of amides is 2. The van der Waals surface area contributed by atoms with Crippen LogP contribution in [0.25, 0.3) is 11.0 Å². The summed E-state index contributed by atoms with van der Waals surface area (Å²) in [4.78, 5) is 34.0. The van der Waals surface area contributed by atoms with Crippen molar-refractivity contribution in [1.29, 1.82) is 0 Å². The lowest BCUT2D eigenvalue weighted by molar-refractivity contribution is -0.135. The maximum Gasteiger partial charge on any atom is 0.228 e. The van der Waals surface area contributed by atoms with E-state index in [1.54, 1.807) is 24.0 Å². The largest absolute Gasteiger partial charge is 0.495 e. The van der Waals surface area contributed by atoms with Gasteiger partial charge in [0.2, 0.25) is 11.8 Å². The minimum absolute atomic E-state index is 0.0443. The summed E-state index contributed by atoms with van der Waals surface area (Å²) < 4.78 is 7.57. The molecule has 4 rings (SSSR count). The number of fused-ring (bicyclic) bond motifs is 1. The van der Waals surface area contributed by atoms with E-state index in [2.05, 4.69) is 11.5 Å². The Kier molecular flexibility index (Phi) is 5.67. The van der Waals surface area contributed by atoms with Crippen molar-refractivity contribution in [2.45, 2.75) is 33.4 Å². The number of imidazole rings is 1. The van der Waals surface area contributed by atoms with E-state index in [1.807, 2.05) is 49.4 Å². The van der Waals surface area contributed by atoms with Crippen LogP contribution >= 0.6 is 0 Å². The Balaban J connectivity index is 1.52. The van der Waals surface area contributed by atoms with E-state index >= 15 is 0 Å². The molecule has 0 N–H and O–H groups in total. The third-order valence-electron chi connectivity index (χ3n) is 5.90. The summed E-state index contributed by atoms with van der Waals surface area (Å²) in [5, 5.41) is 0. The maximum absolute atomic E-state index is 13.2. The monoisotopic (exact) mass is 420 g/mol. The average Bonchev–Trinajstić information content (AvgIpc) is 3.32. The molecule has 7 heteroatoms. The maximum atomic E-state index is 13.2. The molecule has 1 fully saturated rings. The number of aryl methyl sites for hydroxylation is 2. The Morgan fingerprint density at radius 3 is 2.77 bits per heavy atom. The van der Waals surface area contributed by atoms with Crippen LogP contribution in [0, 0.1) is 12.8 Å². The summed E-state index contributed by atoms with van der Waals surface area (Å²) in [6, 6.07) is 13.7. The van der Waals surface area contributed by atoms with Crippen LogP contribution < -0.4 is 9.64 Å². The van der Waals surface area contributed by atoms with Gasteiger partial charge in [-0.1, -0.05) is 18.2 Å². The first kappa shape index (κ1) is 20.9. The van der Waals surface area contributed by atoms with Gasteiger partial charge in [0.15, 0.2) is 0 Å². The lowest BCUT2D eigenvalue weighted by atomic mass is 10.1. The molecule has 31 heavy (non-hydrogen) atoms. The molecular formula is C24H28N4O3. The van der Waals surface area contributed by atoms with Crippen LogP contribution in [-0.4, -0.2) is 47.0 Å². The number of carbonyl (C=O) groups is 2. The first-order valence-electron chi connectivity index (χ1n) is 10.6. The van der Waals surface area contributed by atoms with Gasteiger partial charge in [0.05, 0.1) is 36.3 Å². The number of hydrogen-bond donors (Lipinski definition) is 0. The van der Waals surface area contributed by atoms with Crippen LogP contribution in [0.5, 0.6) is 5.75 Å². The van der Waals surface area contributed by atoms with Crippen molar-refractivity contribution < 1.29 is 14.3 Å². The van der Waals surface area contributed by atoms with E-state index < -0.39 is 0 Å². The molecule has 1 aliphatic heterocycles. The third-order valence-corrected chi connectivity index (χ3v) is 5.90. The summed E-state index contributed by atoms with van der Waals surface area (Å²) in [6.45, 7) is 5.58. The molecule has 2 aromatic carbocycles. The van der Waals surface area contributed by atoms with Crippen LogP contribution in [0.3, 0.4) is 0 Å². The molecule has 1 aliphatic rings. The van der Waals surface area contributed by atoms with Crippen molar-refractivity contribution in [2.24, 2.45) is 5.92 Å². The minimum Gasteiger partial charge on any atom is -0.495 e. The molecular weight excluding hydrogens is 392 g/mol. The highest BCUT2D eigenvalue weighted by Crippen LogP contribution is 2.34. The number of carbonyl (C=O) groups excluding carboxylic acids is 2. The molecule has 1 unspecified atom stereocenters. The second-order valence-electron chi connectivity index (χ2n) is 8.04. The summed E-state index contributed by atoms with van der Waals surface area (Å²) in [5.41, 5.74) is 3.75. The van der Waals surface area contributed by atoms with Crippen LogP contribution in [0.4, 0.5) is 5.69 Å². The molecule has 0 saturated carbocycles. The summed E-state index contributed by atoms with van der Waals surface area (Å²) in [6.07, 6.45) is 0.199. The van der Waals surface area contributed by atoms with Gasteiger partial charge in [-0.15, -0.1) is 0 Å². The Morgan fingerprint density at radius 2 is 2.03 bits per heavy atom.